The van der Waals surface area contributed by atoms with Gasteiger partial charge in [0, 0.05) is 22.7 Å². The number of hydrogen-bond acceptors (Lipinski definition) is 3. The molecule has 0 unspecified atom stereocenters. The fourth-order valence-electron chi connectivity index (χ4n) is 2.08. The fraction of sp³-hybridized carbons (Fsp3) is 0.400. The number of nitrogens with two attached hydrogens (primary N) is 1. The molecule has 3 nitrogen and oxygen atoms in total. The number of methoxy groups -OCH3 is 1. The molecule has 0 radical (unpaired) electrons. The second-order valence-corrected chi connectivity index (χ2v) is 5.36. The van der Waals surface area contributed by atoms with Gasteiger partial charge in [0.2, 0.25) is 0 Å². The van der Waals surface area contributed by atoms with Crippen molar-refractivity contribution >= 4 is 10.8 Å². The van der Waals surface area contributed by atoms with E-state index in [0.717, 1.165) is 28.6 Å². The number of benzene rings is 1. The lowest BCUT2D eigenvalue weighted by atomic mass is 9.86. The van der Waals surface area contributed by atoms with Crippen molar-refractivity contribution < 1.29 is 4.74 Å². The Morgan fingerprint density at radius 2 is 2.00 bits per heavy atom. The number of fused-ring (bicyclic) bond motifs is 1. The standard InChI is InChI=1S/C15H20N2O/c1-15(2,10-16)9-13-11-5-4-6-14(18-3)12(11)7-8-17-13/h4-8H,9-10,16H2,1-3H3. The van der Waals surface area contributed by atoms with Crippen molar-refractivity contribution in [2.45, 2.75) is 20.3 Å². The van der Waals surface area contributed by atoms with Crippen molar-refractivity contribution in [1.82, 2.24) is 4.98 Å². The zero-order chi connectivity index (χ0) is 13.2. The molecule has 0 saturated heterocycles. The first-order valence-corrected chi connectivity index (χ1v) is 6.18. The minimum absolute atomic E-state index is 0.0599. The minimum Gasteiger partial charge on any atom is -0.496 e. The van der Waals surface area contributed by atoms with Gasteiger partial charge in [-0.3, -0.25) is 4.98 Å². The normalized spacial score (nSPS) is 11.8. The second kappa shape index (κ2) is 4.94. The van der Waals surface area contributed by atoms with Gasteiger partial charge in [0.25, 0.3) is 0 Å². The Morgan fingerprint density at radius 1 is 1.22 bits per heavy atom. The molecule has 3 heteroatoms. The Bertz CT molecular complexity index is 549. The minimum atomic E-state index is 0.0599. The third-order valence-corrected chi connectivity index (χ3v) is 3.27. The largest absolute Gasteiger partial charge is 0.496 e. The summed E-state index contributed by atoms with van der Waals surface area (Å²) in [6.07, 6.45) is 2.71. The molecular formula is C15H20N2O. The third-order valence-electron chi connectivity index (χ3n) is 3.27. The molecule has 1 aromatic heterocycles. The Hall–Kier alpha value is -1.61. The molecule has 18 heavy (non-hydrogen) atoms. The summed E-state index contributed by atoms with van der Waals surface area (Å²) in [6, 6.07) is 8.06. The second-order valence-electron chi connectivity index (χ2n) is 5.36. The molecule has 0 spiro atoms. The van der Waals surface area contributed by atoms with E-state index < -0.39 is 0 Å². The maximum atomic E-state index is 5.80. The predicted molar refractivity (Wildman–Crippen MR) is 74.8 cm³/mol. The van der Waals surface area contributed by atoms with Gasteiger partial charge in [0.15, 0.2) is 0 Å². The summed E-state index contributed by atoms with van der Waals surface area (Å²) >= 11 is 0. The SMILES string of the molecule is COc1cccc2c(CC(C)(C)CN)nccc12. The zero-order valence-corrected chi connectivity index (χ0v) is 11.2. The van der Waals surface area contributed by atoms with Crippen LogP contribution in [0, 0.1) is 5.41 Å². The number of pyridine rings is 1. The molecule has 0 amide bonds. The van der Waals surface area contributed by atoms with E-state index in [1.807, 2.05) is 24.4 Å². The van der Waals surface area contributed by atoms with Crippen molar-refractivity contribution in [2.24, 2.45) is 11.1 Å². The van der Waals surface area contributed by atoms with E-state index in [9.17, 15) is 0 Å². The van der Waals surface area contributed by atoms with Crippen LogP contribution in [0.2, 0.25) is 0 Å². The molecule has 2 rings (SSSR count). The van der Waals surface area contributed by atoms with Crippen LogP contribution in [0.1, 0.15) is 19.5 Å². The first kappa shape index (κ1) is 12.8. The fourth-order valence-corrected chi connectivity index (χ4v) is 2.08. The highest BCUT2D eigenvalue weighted by molar-refractivity contribution is 5.89. The molecule has 2 aromatic rings. The van der Waals surface area contributed by atoms with Crippen molar-refractivity contribution in [3.05, 3.63) is 36.2 Å². The molecule has 0 atom stereocenters. The topological polar surface area (TPSA) is 48.1 Å². The Balaban J connectivity index is 2.52. The van der Waals surface area contributed by atoms with Gasteiger partial charge in [-0.1, -0.05) is 26.0 Å². The Morgan fingerprint density at radius 3 is 2.67 bits per heavy atom. The van der Waals surface area contributed by atoms with Gasteiger partial charge in [-0.2, -0.15) is 0 Å². The smallest absolute Gasteiger partial charge is 0.126 e. The van der Waals surface area contributed by atoms with Gasteiger partial charge >= 0.3 is 0 Å². The van der Waals surface area contributed by atoms with Crippen LogP contribution in [0.3, 0.4) is 0 Å². The van der Waals surface area contributed by atoms with E-state index in [1.165, 1.54) is 0 Å². The maximum absolute atomic E-state index is 5.80. The van der Waals surface area contributed by atoms with Gasteiger partial charge < -0.3 is 10.5 Å². The van der Waals surface area contributed by atoms with Gasteiger partial charge in [-0.15, -0.1) is 0 Å². The first-order chi connectivity index (χ1) is 8.57. The lowest BCUT2D eigenvalue weighted by molar-refractivity contribution is 0.374. The summed E-state index contributed by atoms with van der Waals surface area (Å²) in [4.78, 5) is 4.50. The monoisotopic (exact) mass is 244 g/mol. The van der Waals surface area contributed by atoms with Crippen LogP contribution in [0.5, 0.6) is 5.75 Å². The maximum Gasteiger partial charge on any atom is 0.126 e. The Labute approximate surface area is 108 Å². The van der Waals surface area contributed by atoms with Gasteiger partial charge in [-0.05, 0) is 30.5 Å². The molecule has 0 bridgehead atoms. The number of aromatic nitrogens is 1. The Kier molecular flexibility index (Phi) is 3.53. The van der Waals surface area contributed by atoms with Crippen LogP contribution in [0.15, 0.2) is 30.5 Å². The summed E-state index contributed by atoms with van der Waals surface area (Å²) < 4.78 is 5.39. The van der Waals surface area contributed by atoms with E-state index in [2.05, 4.69) is 24.9 Å². The van der Waals surface area contributed by atoms with Gasteiger partial charge in [0.05, 0.1) is 7.11 Å². The molecule has 96 valence electrons. The van der Waals surface area contributed by atoms with Crippen LogP contribution in [0.4, 0.5) is 0 Å². The van der Waals surface area contributed by atoms with Gasteiger partial charge in [-0.25, -0.2) is 0 Å². The van der Waals surface area contributed by atoms with Crippen molar-refractivity contribution in [2.75, 3.05) is 13.7 Å². The quantitative estimate of drug-likeness (QED) is 0.899. The third kappa shape index (κ3) is 2.46. The van der Waals surface area contributed by atoms with Crippen LogP contribution in [0.25, 0.3) is 10.8 Å². The molecule has 0 aliphatic carbocycles. The predicted octanol–water partition coefficient (Wildman–Crippen LogP) is 2.77. The van der Waals surface area contributed by atoms with Crippen LogP contribution >= 0.6 is 0 Å². The van der Waals surface area contributed by atoms with Crippen LogP contribution < -0.4 is 10.5 Å². The van der Waals surface area contributed by atoms with Crippen molar-refractivity contribution in [3.63, 3.8) is 0 Å². The highest BCUT2D eigenvalue weighted by atomic mass is 16.5. The summed E-state index contributed by atoms with van der Waals surface area (Å²) in [7, 11) is 1.69. The van der Waals surface area contributed by atoms with E-state index >= 15 is 0 Å². The molecule has 2 N–H and O–H groups in total. The van der Waals surface area contributed by atoms with Crippen molar-refractivity contribution in [1.29, 1.82) is 0 Å². The molecule has 0 fully saturated rings. The van der Waals surface area contributed by atoms with Crippen LogP contribution in [-0.2, 0) is 6.42 Å². The van der Waals surface area contributed by atoms with Crippen LogP contribution in [-0.4, -0.2) is 18.6 Å². The average Bonchev–Trinajstić information content (AvgIpc) is 2.38. The zero-order valence-electron chi connectivity index (χ0n) is 11.2. The number of rotatable bonds is 4. The lowest BCUT2D eigenvalue weighted by Gasteiger charge is -2.22. The van der Waals surface area contributed by atoms with E-state index in [1.54, 1.807) is 7.11 Å². The molecular weight excluding hydrogens is 224 g/mol. The average molecular weight is 244 g/mol. The first-order valence-electron chi connectivity index (χ1n) is 6.18. The van der Waals surface area contributed by atoms with E-state index in [-0.39, 0.29) is 5.41 Å². The number of nitrogens with zero attached hydrogens (tertiary/aromatic N) is 1. The number of ether oxygens (including phenoxy) is 1. The summed E-state index contributed by atoms with van der Waals surface area (Å²) in [5, 5.41) is 2.26. The molecule has 0 aliphatic heterocycles. The number of hydrogen-bond donors (Lipinski definition) is 1. The molecule has 1 aromatic carbocycles. The lowest BCUT2D eigenvalue weighted by Crippen LogP contribution is -2.26. The molecule has 0 aliphatic rings. The van der Waals surface area contributed by atoms with E-state index in [4.69, 9.17) is 10.5 Å². The van der Waals surface area contributed by atoms with Gasteiger partial charge in [0.1, 0.15) is 5.75 Å². The molecule has 1 heterocycles. The highest BCUT2D eigenvalue weighted by Gasteiger charge is 2.19. The highest BCUT2D eigenvalue weighted by Crippen LogP contribution is 2.29. The summed E-state index contributed by atoms with van der Waals surface area (Å²) in [6.45, 7) is 4.97. The van der Waals surface area contributed by atoms with Crippen molar-refractivity contribution in [3.8, 4) is 5.75 Å². The summed E-state index contributed by atoms with van der Waals surface area (Å²) in [5.74, 6) is 0.890. The van der Waals surface area contributed by atoms with E-state index in [0.29, 0.717) is 6.54 Å². The summed E-state index contributed by atoms with van der Waals surface area (Å²) in [5.41, 5.74) is 6.95. The molecule has 0 saturated carbocycles.